The van der Waals surface area contributed by atoms with Gasteiger partial charge in [0.25, 0.3) is 0 Å². The molecule has 0 saturated carbocycles. The summed E-state index contributed by atoms with van der Waals surface area (Å²) in [6.07, 6.45) is 0. The molecule has 0 unspecified atom stereocenters. The highest BCUT2D eigenvalue weighted by Gasteiger charge is 2.40. The Labute approximate surface area is 146 Å². The van der Waals surface area contributed by atoms with E-state index in [2.05, 4.69) is 0 Å². The van der Waals surface area contributed by atoms with E-state index in [0.29, 0.717) is 12.2 Å². The molecular formula is C21H17O3P. The molecule has 0 fully saturated rings. The van der Waals surface area contributed by atoms with Gasteiger partial charge in [0.2, 0.25) is 0 Å². The molecule has 3 nitrogen and oxygen atoms in total. The summed E-state index contributed by atoms with van der Waals surface area (Å²) in [7, 11) is -2.92. The van der Waals surface area contributed by atoms with E-state index < -0.39 is 7.14 Å². The molecule has 1 atom stereocenters. The molecule has 0 amide bonds. The second-order valence-electron chi connectivity index (χ2n) is 5.91. The maximum absolute atomic E-state index is 14.2. The van der Waals surface area contributed by atoms with Crippen molar-refractivity contribution in [3.05, 3.63) is 78.4 Å². The smallest absolute Gasteiger partial charge is 0.338 e. The molecule has 0 N–H and O–H groups in total. The van der Waals surface area contributed by atoms with Gasteiger partial charge in [-0.1, -0.05) is 54.6 Å². The first-order valence-corrected chi connectivity index (χ1v) is 9.94. The van der Waals surface area contributed by atoms with Crippen molar-refractivity contribution in [2.45, 2.75) is 6.92 Å². The van der Waals surface area contributed by atoms with Gasteiger partial charge in [-0.05, 0) is 36.2 Å². The first-order valence-electron chi connectivity index (χ1n) is 8.23. The summed E-state index contributed by atoms with van der Waals surface area (Å²) in [5.74, 6) is -0.357. The van der Waals surface area contributed by atoms with Crippen LogP contribution in [0.25, 0.3) is 11.1 Å². The van der Waals surface area contributed by atoms with Gasteiger partial charge in [-0.2, -0.15) is 0 Å². The fourth-order valence-corrected chi connectivity index (χ4v) is 6.44. The Bertz CT molecular complexity index is 1010. The van der Waals surface area contributed by atoms with E-state index in [1.54, 1.807) is 19.1 Å². The van der Waals surface area contributed by atoms with Crippen LogP contribution in [0.5, 0.6) is 0 Å². The van der Waals surface area contributed by atoms with Crippen molar-refractivity contribution in [2.75, 3.05) is 6.61 Å². The van der Waals surface area contributed by atoms with Crippen molar-refractivity contribution < 1.29 is 14.1 Å². The Morgan fingerprint density at radius 1 is 0.880 bits per heavy atom. The van der Waals surface area contributed by atoms with E-state index in [-0.39, 0.29) is 5.97 Å². The zero-order valence-corrected chi connectivity index (χ0v) is 14.7. The molecule has 124 valence electrons. The lowest BCUT2D eigenvalue weighted by Gasteiger charge is -2.15. The van der Waals surface area contributed by atoms with Crippen LogP contribution in [0.15, 0.2) is 72.8 Å². The number of benzene rings is 3. The fourth-order valence-electron chi connectivity index (χ4n) is 3.39. The number of ether oxygens (including phenoxy) is 1. The Hall–Kier alpha value is -2.64. The number of hydrogen-bond donors (Lipinski definition) is 0. The fraction of sp³-hybridized carbons (Fsp3) is 0.0952. The van der Waals surface area contributed by atoms with E-state index in [4.69, 9.17) is 4.74 Å². The van der Waals surface area contributed by atoms with Gasteiger partial charge in [0, 0.05) is 15.9 Å². The van der Waals surface area contributed by atoms with E-state index in [9.17, 15) is 9.36 Å². The van der Waals surface area contributed by atoms with Gasteiger partial charge >= 0.3 is 5.97 Å². The monoisotopic (exact) mass is 348 g/mol. The van der Waals surface area contributed by atoms with Crippen molar-refractivity contribution in [1.82, 2.24) is 0 Å². The number of fused-ring (bicyclic) bond motifs is 3. The van der Waals surface area contributed by atoms with Crippen molar-refractivity contribution >= 4 is 29.0 Å². The highest BCUT2D eigenvalue weighted by molar-refractivity contribution is 7.86. The minimum absolute atomic E-state index is 0.328. The van der Waals surface area contributed by atoms with Gasteiger partial charge in [0.1, 0.15) is 0 Å². The van der Waals surface area contributed by atoms with E-state index in [1.807, 2.05) is 60.7 Å². The van der Waals surface area contributed by atoms with Crippen molar-refractivity contribution in [3.63, 3.8) is 0 Å². The number of carbonyl (C=O) groups excluding carboxylic acids is 1. The standard InChI is InChI=1S/C21H17O3P/c1-2-24-21(22)15-12-13-20-18(14-15)17-10-6-7-11-19(17)25(20,23)16-8-4-3-5-9-16/h3-14H,2H2,1H3/t25-/m1/s1. The maximum Gasteiger partial charge on any atom is 0.338 e. The number of hydrogen-bond acceptors (Lipinski definition) is 3. The molecule has 4 heteroatoms. The third-order valence-corrected chi connectivity index (χ3v) is 7.66. The van der Waals surface area contributed by atoms with Crippen LogP contribution in [-0.2, 0) is 9.30 Å². The molecule has 25 heavy (non-hydrogen) atoms. The molecule has 3 aromatic carbocycles. The predicted octanol–water partition coefficient (Wildman–Crippen LogP) is 3.48. The molecule has 0 aliphatic carbocycles. The highest BCUT2D eigenvalue weighted by atomic mass is 31.2. The zero-order valence-electron chi connectivity index (χ0n) is 13.8. The normalized spacial score (nSPS) is 17.6. The SMILES string of the molecule is CCOC(=O)c1ccc2c(c1)-c1ccccc1[P@]2(=O)c1ccccc1. The largest absolute Gasteiger partial charge is 0.462 e. The molecule has 1 heterocycles. The van der Waals surface area contributed by atoms with Crippen LogP contribution in [0.3, 0.4) is 0 Å². The molecule has 0 saturated heterocycles. The third-order valence-electron chi connectivity index (χ3n) is 4.50. The van der Waals surface area contributed by atoms with Crippen LogP contribution in [0.1, 0.15) is 17.3 Å². The Balaban J connectivity index is 1.97. The lowest BCUT2D eigenvalue weighted by molar-refractivity contribution is 0.0526. The molecular weight excluding hydrogens is 331 g/mol. The second-order valence-corrected chi connectivity index (χ2v) is 8.61. The molecule has 0 radical (unpaired) electrons. The average Bonchev–Trinajstić information content (AvgIpc) is 2.93. The van der Waals surface area contributed by atoms with Gasteiger partial charge < -0.3 is 9.30 Å². The Morgan fingerprint density at radius 2 is 1.56 bits per heavy atom. The Kier molecular flexibility index (Phi) is 3.82. The molecule has 1 aliphatic heterocycles. The van der Waals surface area contributed by atoms with Crippen molar-refractivity contribution in [1.29, 1.82) is 0 Å². The molecule has 0 spiro atoms. The van der Waals surface area contributed by atoms with Crippen LogP contribution in [0.2, 0.25) is 0 Å². The summed E-state index contributed by atoms with van der Waals surface area (Å²) < 4.78 is 19.3. The maximum atomic E-state index is 14.2. The van der Waals surface area contributed by atoms with E-state index in [1.165, 1.54) is 0 Å². The Morgan fingerprint density at radius 3 is 2.32 bits per heavy atom. The summed E-state index contributed by atoms with van der Waals surface area (Å²) >= 11 is 0. The van der Waals surface area contributed by atoms with Crippen molar-refractivity contribution in [2.24, 2.45) is 0 Å². The lowest BCUT2D eigenvalue weighted by Crippen LogP contribution is -2.20. The molecule has 0 bridgehead atoms. The molecule has 3 aromatic rings. The second kappa shape index (κ2) is 6.02. The van der Waals surface area contributed by atoms with Gasteiger partial charge in [-0.15, -0.1) is 0 Å². The van der Waals surface area contributed by atoms with Gasteiger partial charge in [0.15, 0.2) is 7.14 Å². The number of rotatable bonds is 3. The first-order chi connectivity index (χ1) is 12.2. The van der Waals surface area contributed by atoms with Crippen LogP contribution < -0.4 is 15.9 Å². The lowest BCUT2D eigenvalue weighted by atomic mass is 10.0. The van der Waals surface area contributed by atoms with Crippen LogP contribution in [0, 0.1) is 0 Å². The summed E-state index contributed by atoms with van der Waals surface area (Å²) in [5.41, 5.74) is 2.26. The van der Waals surface area contributed by atoms with Crippen LogP contribution >= 0.6 is 7.14 Å². The van der Waals surface area contributed by atoms with Gasteiger partial charge in [0.05, 0.1) is 12.2 Å². The molecule has 4 rings (SSSR count). The van der Waals surface area contributed by atoms with Gasteiger partial charge in [-0.3, -0.25) is 0 Å². The predicted molar refractivity (Wildman–Crippen MR) is 101 cm³/mol. The molecule has 1 aliphatic rings. The minimum Gasteiger partial charge on any atom is -0.462 e. The van der Waals surface area contributed by atoms with Gasteiger partial charge in [-0.25, -0.2) is 4.79 Å². The number of esters is 1. The summed E-state index contributed by atoms with van der Waals surface area (Å²) in [5, 5.41) is 2.43. The average molecular weight is 348 g/mol. The van der Waals surface area contributed by atoms with Crippen molar-refractivity contribution in [3.8, 4) is 11.1 Å². The van der Waals surface area contributed by atoms with E-state index in [0.717, 1.165) is 27.0 Å². The quantitative estimate of drug-likeness (QED) is 0.421. The topological polar surface area (TPSA) is 43.4 Å². The highest BCUT2D eigenvalue weighted by Crippen LogP contribution is 2.52. The van der Waals surface area contributed by atoms with Crippen LogP contribution in [0.4, 0.5) is 0 Å². The summed E-state index contributed by atoms with van der Waals surface area (Å²) in [4.78, 5) is 12.1. The van der Waals surface area contributed by atoms with E-state index >= 15 is 0 Å². The summed E-state index contributed by atoms with van der Waals surface area (Å²) in [6, 6.07) is 22.6. The first kappa shape index (κ1) is 15.9. The third kappa shape index (κ3) is 2.35. The molecule has 0 aromatic heterocycles. The zero-order chi connectivity index (χ0) is 17.4. The number of carbonyl (C=O) groups is 1. The minimum atomic E-state index is -2.92. The summed E-state index contributed by atoms with van der Waals surface area (Å²) in [6.45, 7) is 2.11. The van der Waals surface area contributed by atoms with Crippen LogP contribution in [-0.4, -0.2) is 12.6 Å².